The molecule has 0 aliphatic heterocycles. The topological polar surface area (TPSA) is 56.7 Å². The lowest BCUT2D eigenvalue weighted by Gasteiger charge is -2.22. The number of nitrogens with one attached hydrogen (secondary N) is 2. The van der Waals surface area contributed by atoms with Crippen LogP contribution in [0.5, 0.6) is 0 Å². The Morgan fingerprint density at radius 1 is 1.04 bits per heavy atom. The van der Waals surface area contributed by atoms with E-state index in [1.165, 1.54) is 23.6 Å². The number of carbonyl (C=O) groups excluding carboxylic acids is 1. The molecular weight excluding hydrogens is 324 g/mol. The van der Waals surface area contributed by atoms with E-state index in [9.17, 15) is 4.79 Å². The number of amides is 1. The molecule has 0 bridgehead atoms. The molecular formula is C21H28N4O. The van der Waals surface area contributed by atoms with Crippen LogP contribution in [0.25, 0.3) is 0 Å². The van der Waals surface area contributed by atoms with Crippen molar-refractivity contribution in [3.8, 4) is 0 Å². The van der Waals surface area contributed by atoms with Crippen molar-refractivity contribution in [2.75, 3.05) is 26.0 Å². The zero-order valence-electron chi connectivity index (χ0n) is 16.0. The minimum atomic E-state index is -0.0557. The Bertz CT molecular complexity index is 736. The molecule has 0 fully saturated rings. The van der Waals surface area contributed by atoms with Crippen LogP contribution in [-0.2, 0) is 17.8 Å². The molecule has 0 saturated heterocycles. The van der Waals surface area contributed by atoms with Crippen LogP contribution in [0.2, 0.25) is 0 Å². The van der Waals surface area contributed by atoms with Crippen molar-refractivity contribution < 1.29 is 4.79 Å². The summed E-state index contributed by atoms with van der Waals surface area (Å²) in [6.45, 7) is 5.21. The van der Waals surface area contributed by atoms with Gasteiger partial charge in [-0.05, 0) is 36.6 Å². The summed E-state index contributed by atoms with van der Waals surface area (Å²) in [5, 5.41) is 6.18. The van der Waals surface area contributed by atoms with E-state index in [4.69, 9.17) is 0 Å². The van der Waals surface area contributed by atoms with Crippen molar-refractivity contribution in [1.29, 1.82) is 0 Å². The van der Waals surface area contributed by atoms with E-state index < -0.39 is 0 Å². The highest BCUT2D eigenvalue weighted by molar-refractivity contribution is 5.88. The first-order valence-corrected chi connectivity index (χ1v) is 8.82. The molecule has 0 heterocycles. The molecule has 0 saturated carbocycles. The second-order valence-corrected chi connectivity index (χ2v) is 6.44. The minimum Gasteiger partial charge on any atom is -0.356 e. The molecule has 26 heavy (non-hydrogen) atoms. The van der Waals surface area contributed by atoms with Crippen LogP contribution in [-0.4, -0.2) is 37.4 Å². The number of anilines is 1. The molecule has 138 valence electrons. The average molecular weight is 352 g/mol. The Labute approximate surface area is 156 Å². The Hall–Kier alpha value is -2.82. The third-order valence-corrected chi connectivity index (χ3v) is 4.08. The van der Waals surface area contributed by atoms with Gasteiger partial charge in [0.05, 0.1) is 0 Å². The van der Waals surface area contributed by atoms with Gasteiger partial charge >= 0.3 is 0 Å². The van der Waals surface area contributed by atoms with E-state index in [1.807, 2.05) is 31.3 Å². The lowest BCUT2D eigenvalue weighted by atomic mass is 10.1. The van der Waals surface area contributed by atoms with E-state index in [-0.39, 0.29) is 5.91 Å². The van der Waals surface area contributed by atoms with Gasteiger partial charge in [0.15, 0.2) is 5.96 Å². The maximum atomic E-state index is 11.1. The Balaban J connectivity index is 1.82. The summed E-state index contributed by atoms with van der Waals surface area (Å²) >= 11 is 0. The Morgan fingerprint density at radius 3 is 2.23 bits per heavy atom. The number of rotatable bonds is 6. The van der Waals surface area contributed by atoms with Gasteiger partial charge in [-0.25, -0.2) is 0 Å². The standard InChI is InChI=1S/C21H28N4O/c1-16-5-7-19(8-6-16)15-25(4)21(22-3)23-14-13-18-9-11-20(12-10-18)24-17(2)26/h5-12H,13-15H2,1-4H3,(H,22,23)(H,24,26). The lowest BCUT2D eigenvalue weighted by Crippen LogP contribution is -2.39. The molecule has 0 aliphatic rings. The molecule has 0 unspecified atom stereocenters. The van der Waals surface area contributed by atoms with E-state index >= 15 is 0 Å². The molecule has 2 rings (SSSR count). The van der Waals surface area contributed by atoms with Crippen molar-refractivity contribution in [3.63, 3.8) is 0 Å². The molecule has 2 N–H and O–H groups in total. The van der Waals surface area contributed by atoms with Crippen molar-refractivity contribution >= 4 is 17.6 Å². The molecule has 0 atom stereocenters. The second kappa shape index (κ2) is 9.61. The van der Waals surface area contributed by atoms with E-state index in [2.05, 4.69) is 51.7 Å². The summed E-state index contributed by atoms with van der Waals surface area (Å²) in [6, 6.07) is 16.5. The molecule has 0 aliphatic carbocycles. The zero-order chi connectivity index (χ0) is 18.9. The number of hydrogen-bond donors (Lipinski definition) is 2. The van der Waals surface area contributed by atoms with E-state index in [0.29, 0.717) is 0 Å². The zero-order valence-corrected chi connectivity index (χ0v) is 16.0. The van der Waals surface area contributed by atoms with Gasteiger partial charge in [0, 0.05) is 39.8 Å². The van der Waals surface area contributed by atoms with Crippen LogP contribution in [0.15, 0.2) is 53.5 Å². The monoisotopic (exact) mass is 352 g/mol. The molecule has 2 aromatic carbocycles. The molecule has 5 nitrogen and oxygen atoms in total. The minimum absolute atomic E-state index is 0.0557. The number of aliphatic imine (C=N–C) groups is 1. The van der Waals surface area contributed by atoms with Gasteiger partial charge in [-0.3, -0.25) is 9.79 Å². The first kappa shape index (κ1) is 19.5. The predicted molar refractivity (Wildman–Crippen MR) is 108 cm³/mol. The molecule has 0 aromatic heterocycles. The van der Waals surface area contributed by atoms with Crippen LogP contribution in [0.4, 0.5) is 5.69 Å². The maximum absolute atomic E-state index is 11.1. The summed E-state index contributed by atoms with van der Waals surface area (Å²) in [6.07, 6.45) is 0.887. The van der Waals surface area contributed by atoms with Crippen LogP contribution in [0.3, 0.4) is 0 Å². The number of guanidine groups is 1. The Kier molecular flexibility index (Phi) is 7.21. The normalized spacial score (nSPS) is 11.2. The first-order valence-electron chi connectivity index (χ1n) is 8.82. The Morgan fingerprint density at radius 2 is 1.65 bits per heavy atom. The maximum Gasteiger partial charge on any atom is 0.221 e. The number of nitrogens with zero attached hydrogens (tertiary/aromatic N) is 2. The van der Waals surface area contributed by atoms with Crippen molar-refractivity contribution in [3.05, 3.63) is 65.2 Å². The highest BCUT2D eigenvalue weighted by Crippen LogP contribution is 2.10. The number of carbonyl (C=O) groups is 1. The van der Waals surface area contributed by atoms with E-state index in [1.54, 1.807) is 7.05 Å². The van der Waals surface area contributed by atoms with Crippen molar-refractivity contribution in [2.24, 2.45) is 4.99 Å². The predicted octanol–water partition coefficient (Wildman–Crippen LogP) is 3.20. The fraction of sp³-hybridized carbons (Fsp3) is 0.333. The fourth-order valence-corrected chi connectivity index (χ4v) is 2.70. The molecule has 2 aromatic rings. The van der Waals surface area contributed by atoms with Crippen LogP contribution >= 0.6 is 0 Å². The van der Waals surface area contributed by atoms with Gasteiger partial charge < -0.3 is 15.5 Å². The quantitative estimate of drug-likeness (QED) is 0.620. The summed E-state index contributed by atoms with van der Waals surface area (Å²) in [5.41, 5.74) is 4.56. The SMILES string of the molecule is CN=C(NCCc1ccc(NC(C)=O)cc1)N(C)Cc1ccc(C)cc1. The largest absolute Gasteiger partial charge is 0.356 e. The summed E-state index contributed by atoms with van der Waals surface area (Å²) in [5.74, 6) is 0.820. The van der Waals surface area contributed by atoms with E-state index in [0.717, 1.165) is 31.2 Å². The van der Waals surface area contributed by atoms with Gasteiger partial charge in [-0.2, -0.15) is 0 Å². The van der Waals surface area contributed by atoms with Crippen LogP contribution in [0, 0.1) is 6.92 Å². The van der Waals surface area contributed by atoms with Gasteiger partial charge in [-0.15, -0.1) is 0 Å². The van der Waals surface area contributed by atoms with Gasteiger partial charge in [0.25, 0.3) is 0 Å². The molecule has 0 radical (unpaired) electrons. The van der Waals surface area contributed by atoms with Crippen LogP contribution in [0.1, 0.15) is 23.6 Å². The number of aryl methyl sites for hydroxylation is 1. The summed E-state index contributed by atoms with van der Waals surface area (Å²) in [4.78, 5) is 17.5. The lowest BCUT2D eigenvalue weighted by molar-refractivity contribution is -0.114. The molecule has 5 heteroatoms. The second-order valence-electron chi connectivity index (χ2n) is 6.44. The summed E-state index contributed by atoms with van der Waals surface area (Å²) < 4.78 is 0. The van der Waals surface area contributed by atoms with Gasteiger partial charge in [-0.1, -0.05) is 42.0 Å². The van der Waals surface area contributed by atoms with Gasteiger partial charge in [0.2, 0.25) is 5.91 Å². The number of hydrogen-bond acceptors (Lipinski definition) is 2. The first-order chi connectivity index (χ1) is 12.5. The van der Waals surface area contributed by atoms with Gasteiger partial charge in [0.1, 0.15) is 0 Å². The van der Waals surface area contributed by atoms with Crippen molar-refractivity contribution in [2.45, 2.75) is 26.8 Å². The molecule has 0 spiro atoms. The number of benzene rings is 2. The van der Waals surface area contributed by atoms with Crippen molar-refractivity contribution in [1.82, 2.24) is 10.2 Å². The highest BCUT2D eigenvalue weighted by atomic mass is 16.1. The smallest absolute Gasteiger partial charge is 0.221 e. The van der Waals surface area contributed by atoms with Crippen LogP contribution < -0.4 is 10.6 Å². The highest BCUT2D eigenvalue weighted by Gasteiger charge is 2.06. The summed E-state index contributed by atoms with van der Waals surface area (Å²) in [7, 11) is 3.84. The average Bonchev–Trinajstić information content (AvgIpc) is 2.61. The third kappa shape index (κ3) is 6.24. The molecule has 1 amide bonds. The third-order valence-electron chi connectivity index (χ3n) is 4.08. The fourth-order valence-electron chi connectivity index (χ4n) is 2.70.